The van der Waals surface area contributed by atoms with E-state index in [4.69, 9.17) is 4.74 Å². The lowest BCUT2D eigenvalue weighted by molar-refractivity contribution is 0.0678. The Hall–Kier alpha value is -0.120. The summed E-state index contributed by atoms with van der Waals surface area (Å²) < 4.78 is 5.66. The average Bonchev–Trinajstić information content (AvgIpc) is 2.30. The molecule has 0 spiro atoms. The summed E-state index contributed by atoms with van der Waals surface area (Å²) in [5.41, 5.74) is 0. The van der Waals surface area contributed by atoms with Crippen LogP contribution < -0.4 is 5.32 Å². The maximum Gasteiger partial charge on any atom is 0.0593 e. The summed E-state index contributed by atoms with van der Waals surface area (Å²) in [7, 11) is 0. The largest absolute Gasteiger partial charge is 0.380 e. The number of ether oxygens (including phenoxy) is 1. The van der Waals surface area contributed by atoms with E-state index in [1.807, 2.05) is 0 Å². The van der Waals surface area contributed by atoms with Gasteiger partial charge in [0, 0.05) is 19.2 Å². The van der Waals surface area contributed by atoms with Crippen molar-refractivity contribution in [3.8, 4) is 0 Å². The molecule has 0 bridgehead atoms. The van der Waals surface area contributed by atoms with E-state index in [1.165, 1.54) is 25.9 Å². The van der Waals surface area contributed by atoms with Crippen molar-refractivity contribution in [3.63, 3.8) is 0 Å². The maximum absolute atomic E-state index is 5.66. The van der Waals surface area contributed by atoms with Crippen LogP contribution in [0.15, 0.2) is 0 Å². The highest BCUT2D eigenvalue weighted by atomic mass is 16.5. The van der Waals surface area contributed by atoms with Crippen molar-refractivity contribution in [3.05, 3.63) is 0 Å². The summed E-state index contributed by atoms with van der Waals surface area (Å²) >= 11 is 0. The summed E-state index contributed by atoms with van der Waals surface area (Å²) in [5, 5.41) is 3.42. The van der Waals surface area contributed by atoms with E-state index >= 15 is 0 Å². The van der Waals surface area contributed by atoms with Crippen LogP contribution in [0.3, 0.4) is 0 Å². The molecule has 0 aromatic rings. The number of rotatable bonds is 7. The lowest BCUT2D eigenvalue weighted by atomic mass is 10.1. The van der Waals surface area contributed by atoms with Crippen molar-refractivity contribution in [2.75, 3.05) is 39.4 Å². The predicted octanol–water partition coefficient (Wildman–Crippen LogP) is 1.73. The minimum absolute atomic E-state index is 0.647. The lowest BCUT2D eigenvalue weighted by Gasteiger charge is -2.33. The van der Waals surface area contributed by atoms with Crippen LogP contribution in [-0.4, -0.2) is 50.3 Å². The van der Waals surface area contributed by atoms with Crippen LogP contribution in [0.2, 0.25) is 0 Å². The molecule has 1 N–H and O–H groups in total. The first-order valence-corrected chi connectivity index (χ1v) is 6.76. The summed E-state index contributed by atoms with van der Waals surface area (Å²) in [4.78, 5) is 2.57. The van der Waals surface area contributed by atoms with Crippen LogP contribution in [-0.2, 0) is 4.74 Å². The van der Waals surface area contributed by atoms with E-state index in [0.29, 0.717) is 5.92 Å². The third-order valence-electron chi connectivity index (χ3n) is 3.21. The van der Waals surface area contributed by atoms with Crippen molar-refractivity contribution in [2.24, 2.45) is 5.92 Å². The van der Waals surface area contributed by atoms with Crippen LogP contribution in [0.5, 0.6) is 0 Å². The van der Waals surface area contributed by atoms with Gasteiger partial charge in [-0.25, -0.2) is 0 Å². The van der Waals surface area contributed by atoms with Crippen LogP contribution in [0, 0.1) is 5.92 Å². The normalized spacial score (nSPS) is 18.6. The van der Waals surface area contributed by atoms with E-state index in [-0.39, 0.29) is 0 Å². The molecule has 96 valence electrons. The Balaban J connectivity index is 2.15. The third-order valence-corrected chi connectivity index (χ3v) is 3.21. The zero-order chi connectivity index (χ0) is 11.8. The van der Waals surface area contributed by atoms with Crippen LogP contribution in [0.4, 0.5) is 0 Å². The van der Waals surface area contributed by atoms with Gasteiger partial charge in [-0.2, -0.15) is 0 Å². The van der Waals surface area contributed by atoms with Crippen LogP contribution in [0.25, 0.3) is 0 Å². The third kappa shape index (κ3) is 5.28. The SMILES string of the molecule is CCN(CCOCC(C)C)C1CCNCC1. The molecule has 3 heteroatoms. The zero-order valence-electron chi connectivity index (χ0n) is 11.2. The molecular formula is C13H28N2O. The van der Waals surface area contributed by atoms with Crippen LogP contribution >= 0.6 is 0 Å². The van der Waals surface area contributed by atoms with Crippen molar-refractivity contribution >= 4 is 0 Å². The molecule has 1 saturated heterocycles. The highest BCUT2D eigenvalue weighted by molar-refractivity contribution is 4.76. The summed E-state index contributed by atoms with van der Waals surface area (Å²) in [6, 6.07) is 0.772. The molecule has 0 aromatic carbocycles. The fourth-order valence-electron chi connectivity index (χ4n) is 2.27. The molecule has 1 aliphatic rings. The van der Waals surface area contributed by atoms with Gasteiger partial charge in [-0.15, -0.1) is 0 Å². The van der Waals surface area contributed by atoms with Gasteiger partial charge in [0.1, 0.15) is 0 Å². The number of hydrogen-bond donors (Lipinski definition) is 1. The molecule has 16 heavy (non-hydrogen) atoms. The van der Waals surface area contributed by atoms with Gasteiger partial charge in [0.05, 0.1) is 6.61 Å². The number of likely N-dealkylation sites (N-methyl/N-ethyl adjacent to an activating group) is 1. The predicted molar refractivity (Wildman–Crippen MR) is 68.8 cm³/mol. The standard InChI is InChI=1S/C13H28N2O/c1-4-15(9-10-16-11-12(2)3)13-5-7-14-8-6-13/h12-14H,4-11H2,1-3H3. The van der Waals surface area contributed by atoms with Gasteiger partial charge in [0.15, 0.2) is 0 Å². The Kier molecular flexibility index (Phi) is 7.01. The van der Waals surface area contributed by atoms with Crippen molar-refractivity contribution in [1.82, 2.24) is 10.2 Å². The Morgan fingerprint density at radius 2 is 2.00 bits per heavy atom. The molecule has 0 aliphatic carbocycles. The monoisotopic (exact) mass is 228 g/mol. The van der Waals surface area contributed by atoms with E-state index in [2.05, 4.69) is 31.0 Å². The quantitative estimate of drug-likeness (QED) is 0.672. The molecule has 3 nitrogen and oxygen atoms in total. The number of nitrogens with one attached hydrogen (secondary N) is 1. The molecule has 1 heterocycles. The molecule has 1 fully saturated rings. The fourth-order valence-corrected chi connectivity index (χ4v) is 2.27. The number of nitrogens with zero attached hydrogens (tertiary/aromatic N) is 1. The Morgan fingerprint density at radius 1 is 1.31 bits per heavy atom. The second-order valence-electron chi connectivity index (χ2n) is 5.08. The second-order valence-corrected chi connectivity index (χ2v) is 5.08. The average molecular weight is 228 g/mol. The first-order valence-electron chi connectivity index (χ1n) is 6.76. The van der Waals surface area contributed by atoms with Gasteiger partial charge >= 0.3 is 0 Å². The summed E-state index contributed by atoms with van der Waals surface area (Å²) in [6.07, 6.45) is 2.58. The van der Waals surface area contributed by atoms with Gasteiger partial charge in [0.25, 0.3) is 0 Å². The van der Waals surface area contributed by atoms with Gasteiger partial charge < -0.3 is 10.1 Å². The summed E-state index contributed by atoms with van der Waals surface area (Å²) in [6.45, 7) is 13.0. The minimum Gasteiger partial charge on any atom is -0.380 e. The van der Waals surface area contributed by atoms with Gasteiger partial charge in [0.2, 0.25) is 0 Å². The Labute approximate surface area is 101 Å². The fraction of sp³-hybridized carbons (Fsp3) is 1.00. The van der Waals surface area contributed by atoms with Gasteiger partial charge in [-0.3, -0.25) is 4.90 Å². The highest BCUT2D eigenvalue weighted by Crippen LogP contribution is 2.11. The van der Waals surface area contributed by atoms with Crippen LogP contribution in [0.1, 0.15) is 33.6 Å². The van der Waals surface area contributed by atoms with Crippen molar-refractivity contribution < 1.29 is 4.74 Å². The van der Waals surface area contributed by atoms with Gasteiger partial charge in [-0.1, -0.05) is 20.8 Å². The van der Waals surface area contributed by atoms with E-state index in [9.17, 15) is 0 Å². The Bertz CT molecular complexity index is 167. The minimum atomic E-state index is 0.647. The van der Waals surface area contributed by atoms with E-state index in [0.717, 1.165) is 32.3 Å². The molecule has 0 amide bonds. The lowest BCUT2D eigenvalue weighted by Crippen LogP contribution is -2.44. The molecular weight excluding hydrogens is 200 g/mol. The molecule has 1 aliphatic heterocycles. The topological polar surface area (TPSA) is 24.5 Å². The van der Waals surface area contributed by atoms with E-state index < -0.39 is 0 Å². The zero-order valence-corrected chi connectivity index (χ0v) is 11.2. The summed E-state index contributed by atoms with van der Waals surface area (Å²) in [5.74, 6) is 0.647. The number of piperidine rings is 1. The smallest absolute Gasteiger partial charge is 0.0593 e. The van der Waals surface area contributed by atoms with E-state index in [1.54, 1.807) is 0 Å². The van der Waals surface area contributed by atoms with Crippen molar-refractivity contribution in [2.45, 2.75) is 39.7 Å². The molecule has 0 radical (unpaired) electrons. The number of hydrogen-bond acceptors (Lipinski definition) is 3. The molecule has 0 unspecified atom stereocenters. The van der Waals surface area contributed by atoms with Gasteiger partial charge in [-0.05, 0) is 38.4 Å². The molecule has 0 atom stereocenters. The molecule has 0 saturated carbocycles. The second kappa shape index (κ2) is 8.04. The first kappa shape index (κ1) is 13.9. The molecule has 1 rings (SSSR count). The first-order chi connectivity index (χ1) is 7.74. The Morgan fingerprint density at radius 3 is 2.56 bits per heavy atom. The highest BCUT2D eigenvalue weighted by Gasteiger charge is 2.18. The maximum atomic E-state index is 5.66. The van der Waals surface area contributed by atoms with Crippen molar-refractivity contribution in [1.29, 1.82) is 0 Å². The molecule has 0 aromatic heterocycles.